The third-order valence-corrected chi connectivity index (χ3v) is 4.89. The second-order valence-electron chi connectivity index (χ2n) is 5.00. The van der Waals surface area contributed by atoms with Crippen LogP contribution < -0.4 is 5.32 Å². The molecule has 0 radical (unpaired) electrons. The predicted molar refractivity (Wildman–Crippen MR) is 89.0 cm³/mol. The molecule has 3 rings (SSSR count). The highest BCUT2D eigenvalue weighted by molar-refractivity contribution is 7.18. The number of aromatic nitrogens is 3. The van der Waals surface area contributed by atoms with Crippen LogP contribution in [0.4, 0.5) is 5.82 Å². The van der Waals surface area contributed by atoms with Gasteiger partial charge in [-0.2, -0.15) is 0 Å². The third kappa shape index (κ3) is 2.27. The van der Waals surface area contributed by atoms with E-state index in [-0.39, 0.29) is 0 Å². The Morgan fingerprint density at radius 1 is 1.24 bits per heavy atom. The van der Waals surface area contributed by atoms with Gasteiger partial charge in [0.05, 0.1) is 5.39 Å². The van der Waals surface area contributed by atoms with Crippen LogP contribution in [0, 0.1) is 13.8 Å². The molecule has 0 aliphatic carbocycles. The van der Waals surface area contributed by atoms with Crippen molar-refractivity contribution in [2.75, 3.05) is 12.4 Å². The highest BCUT2D eigenvalue weighted by Crippen LogP contribution is 2.35. The van der Waals surface area contributed by atoms with Crippen molar-refractivity contribution in [1.29, 1.82) is 0 Å². The van der Waals surface area contributed by atoms with Gasteiger partial charge in [-0.05, 0) is 37.5 Å². The van der Waals surface area contributed by atoms with E-state index >= 15 is 0 Å². The summed E-state index contributed by atoms with van der Waals surface area (Å²) in [5.74, 6) is 1.67. The van der Waals surface area contributed by atoms with Crippen molar-refractivity contribution in [2.45, 2.75) is 27.2 Å². The quantitative estimate of drug-likeness (QED) is 0.794. The summed E-state index contributed by atoms with van der Waals surface area (Å²) < 4.78 is 0. The molecule has 0 aromatic carbocycles. The maximum Gasteiger partial charge on any atom is 0.163 e. The lowest BCUT2D eigenvalue weighted by Gasteiger charge is -2.09. The first kappa shape index (κ1) is 13.9. The summed E-state index contributed by atoms with van der Waals surface area (Å²) >= 11 is 1.72. The van der Waals surface area contributed by atoms with E-state index in [0.717, 1.165) is 33.8 Å². The number of pyridine rings is 1. The first-order valence-corrected chi connectivity index (χ1v) is 7.86. The van der Waals surface area contributed by atoms with E-state index in [1.54, 1.807) is 17.5 Å². The largest absolute Gasteiger partial charge is 0.372 e. The van der Waals surface area contributed by atoms with E-state index in [1.165, 1.54) is 16.0 Å². The number of rotatable bonds is 3. The molecule has 0 spiro atoms. The van der Waals surface area contributed by atoms with Crippen molar-refractivity contribution in [3.63, 3.8) is 0 Å². The first-order chi connectivity index (χ1) is 10.2. The first-order valence-electron chi connectivity index (χ1n) is 7.04. The molecule has 0 amide bonds. The Balaban J connectivity index is 2.29. The van der Waals surface area contributed by atoms with Gasteiger partial charge in [-0.25, -0.2) is 9.97 Å². The normalized spacial score (nSPS) is 11.0. The number of fused-ring (bicyclic) bond motifs is 1. The zero-order chi connectivity index (χ0) is 15.0. The number of aryl methyl sites for hydroxylation is 3. The molecule has 0 fully saturated rings. The molecule has 0 aliphatic rings. The van der Waals surface area contributed by atoms with Crippen LogP contribution in [-0.2, 0) is 6.42 Å². The van der Waals surface area contributed by atoms with Gasteiger partial charge in [-0.15, -0.1) is 11.3 Å². The molecule has 3 heterocycles. The molecule has 108 valence electrons. The van der Waals surface area contributed by atoms with Crippen molar-refractivity contribution in [1.82, 2.24) is 15.0 Å². The Bertz CT molecular complexity index is 807. The smallest absolute Gasteiger partial charge is 0.163 e. The van der Waals surface area contributed by atoms with Gasteiger partial charge >= 0.3 is 0 Å². The third-order valence-electron chi connectivity index (χ3n) is 3.79. The van der Waals surface area contributed by atoms with Crippen LogP contribution in [0.3, 0.4) is 0 Å². The standard InChI is InChI=1S/C16H18N4S/c1-5-11-8-18-7-6-12(11)14-19-15(17-4)13-9(2)10(3)21-16(13)20-14/h6-8H,5H2,1-4H3,(H,17,19,20). The topological polar surface area (TPSA) is 50.7 Å². The summed E-state index contributed by atoms with van der Waals surface area (Å²) in [7, 11) is 1.91. The van der Waals surface area contributed by atoms with E-state index in [4.69, 9.17) is 9.97 Å². The Morgan fingerprint density at radius 3 is 2.76 bits per heavy atom. The molecular weight excluding hydrogens is 280 g/mol. The lowest BCUT2D eigenvalue weighted by Crippen LogP contribution is -2.00. The van der Waals surface area contributed by atoms with E-state index < -0.39 is 0 Å². The minimum Gasteiger partial charge on any atom is -0.372 e. The van der Waals surface area contributed by atoms with E-state index in [9.17, 15) is 0 Å². The van der Waals surface area contributed by atoms with Gasteiger partial charge < -0.3 is 5.32 Å². The Morgan fingerprint density at radius 2 is 2.05 bits per heavy atom. The lowest BCUT2D eigenvalue weighted by molar-refractivity contribution is 1.09. The van der Waals surface area contributed by atoms with Gasteiger partial charge in [-0.3, -0.25) is 4.98 Å². The summed E-state index contributed by atoms with van der Waals surface area (Å²) in [6.07, 6.45) is 4.61. The fourth-order valence-electron chi connectivity index (χ4n) is 2.48. The number of nitrogens with one attached hydrogen (secondary N) is 1. The Kier molecular flexibility index (Phi) is 3.59. The number of hydrogen-bond donors (Lipinski definition) is 1. The molecular formula is C16H18N4S. The molecule has 0 saturated carbocycles. The van der Waals surface area contributed by atoms with Crippen molar-refractivity contribution in [3.8, 4) is 11.4 Å². The van der Waals surface area contributed by atoms with Gasteiger partial charge in [0.2, 0.25) is 0 Å². The van der Waals surface area contributed by atoms with Crippen molar-refractivity contribution in [2.24, 2.45) is 0 Å². The molecule has 3 aromatic rings. The second-order valence-corrected chi connectivity index (χ2v) is 6.20. The molecule has 0 saturated heterocycles. The zero-order valence-electron chi connectivity index (χ0n) is 12.7. The van der Waals surface area contributed by atoms with Crippen LogP contribution in [0.2, 0.25) is 0 Å². The molecule has 0 bridgehead atoms. The zero-order valence-corrected chi connectivity index (χ0v) is 13.5. The van der Waals surface area contributed by atoms with Crippen LogP contribution in [0.25, 0.3) is 21.6 Å². The molecule has 3 aromatic heterocycles. The van der Waals surface area contributed by atoms with Crippen molar-refractivity contribution < 1.29 is 0 Å². The molecule has 0 atom stereocenters. The molecule has 0 aliphatic heterocycles. The van der Waals surface area contributed by atoms with Crippen LogP contribution in [0.1, 0.15) is 22.9 Å². The minimum absolute atomic E-state index is 0.771. The molecule has 5 heteroatoms. The highest BCUT2D eigenvalue weighted by atomic mass is 32.1. The van der Waals surface area contributed by atoms with Gasteiger partial charge in [0, 0.05) is 29.9 Å². The SMILES string of the molecule is CCc1cnccc1-c1nc(NC)c2c(C)c(C)sc2n1. The number of thiophene rings is 1. The number of nitrogens with zero attached hydrogens (tertiary/aromatic N) is 3. The van der Waals surface area contributed by atoms with E-state index in [1.807, 2.05) is 19.3 Å². The number of anilines is 1. The van der Waals surface area contributed by atoms with Crippen LogP contribution >= 0.6 is 11.3 Å². The fourth-order valence-corrected chi connectivity index (χ4v) is 3.51. The summed E-state index contributed by atoms with van der Waals surface area (Å²) in [6.45, 7) is 6.38. The van der Waals surface area contributed by atoms with Crippen molar-refractivity contribution >= 4 is 27.4 Å². The Labute approximate surface area is 128 Å². The molecule has 21 heavy (non-hydrogen) atoms. The molecule has 1 N–H and O–H groups in total. The van der Waals surface area contributed by atoms with E-state index in [0.29, 0.717) is 0 Å². The maximum absolute atomic E-state index is 4.78. The summed E-state index contributed by atoms with van der Waals surface area (Å²) in [5.41, 5.74) is 3.50. The van der Waals surface area contributed by atoms with Crippen LogP contribution in [0.5, 0.6) is 0 Å². The highest BCUT2D eigenvalue weighted by Gasteiger charge is 2.15. The van der Waals surface area contributed by atoms with Gasteiger partial charge in [-0.1, -0.05) is 6.92 Å². The van der Waals surface area contributed by atoms with Gasteiger partial charge in [0.15, 0.2) is 5.82 Å². The van der Waals surface area contributed by atoms with E-state index in [2.05, 4.69) is 31.1 Å². The average molecular weight is 298 g/mol. The summed E-state index contributed by atoms with van der Waals surface area (Å²) in [5, 5.41) is 4.35. The second kappa shape index (κ2) is 5.41. The monoisotopic (exact) mass is 298 g/mol. The van der Waals surface area contributed by atoms with Crippen molar-refractivity contribution in [3.05, 3.63) is 34.5 Å². The fraction of sp³-hybridized carbons (Fsp3) is 0.312. The summed E-state index contributed by atoms with van der Waals surface area (Å²) in [6, 6.07) is 1.99. The summed E-state index contributed by atoms with van der Waals surface area (Å²) in [4.78, 5) is 16.0. The number of hydrogen-bond acceptors (Lipinski definition) is 5. The molecule has 4 nitrogen and oxygen atoms in total. The minimum atomic E-state index is 0.771. The lowest BCUT2D eigenvalue weighted by atomic mass is 10.1. The predicted octanol–water partition coefficient (Wildman–Crippen LogP) is 3.97. The van der Waals surface area contributed by atoms with Gasteiger partial charge in [0.25, 0.3) is 0 Å². The van der Waals surface area contributed by atoms with Gasteiger partial charge in [0.1, 0.15) is 10.6 Å². The molecule has 0 unspecified atom stereocenters. The van der Waals surface area contributed by atoms with Crippen LogP contribution in [0.15, 0.2) is 18.5 Å². The average Bonchev–Trinajstić information content (AvgIpc) is 2.81. The van der Waals surface area contributed by atoms with Crippen LogP contribution in [-0.4, -0.2) is 22.0 Å². The maximum atomic E-state index is 4.78. The Hall–Kier alpha value is -2.01.